The molecule has 0 fully saturated rings. The minimum absolute atomic E-state index is 0.0693. The summed E-state index contributed by atoms with van der Waals surface area (Å²) in [6.07, 6.45) is 2.19. The first kappa shape index (κ1) is 36.7. The van der Waals surface area contributed by atoms with Crippen LogP contribution >= 0.6 is 0 Å². The van der Waals surface area contributed by atoms with Gasteiger partial charge in [-0.15, -0.1) is 0 Å². The van der Waals surface area contributed by atoms with E-state index >= 15 is 0 Å². The van der Waals surface area contributed by atoms with Crippen LogP contribution in [0.25, 0.3) is 16.5 Å². The zero-order chi connectivity index (χ0) is 37.5. The minimum atomic E-state index is -2.22. The molecule has 0 bridgehead atoms. The number of aromatic amines is 1. The fourth-order valence-electron chi connectivity index (χ4n) is 6.52. The van der Waals surface area contributed by atoms with Gasteiger partial charge in [0, 0.05) is 42.2 Å². The molecule has 2 heterocycles. The maximum absolute atomic E-state index is 13.0. The number of aromatic hydroxyl groups is 1. The monoisotopic (exact) mass is 716 g/mol. The molecule has 53 heavy (non-hydrogen) atoms. The Labute approximate surface area is 305 Å². The number of carbonyl (C=O) groups excluding carboxylic acids is 2. The number of aliphatic hydroxyl groups is 2. The number of phenolic OH excluding ortho intramolecular Hbond substituents is 1. The normalized spacial score (nSPS) is 14.6. The van der Waals surface area contributed by atoms with Crippen LogP contribution in [-0.4, -0.2) is 80.8 Å². The first-order chi connectivity index (χ1) is 25.5. The molecule has 2 atom stereocenters. The fourth-order valence-corrected chi connectivity index (χ4v) is 6.52. The number of benzene rings is 4. The molecule has 0 saturated heterocycles. The molecule has 0 spiro atoms. The first-order valence-corrected chi connectivity index (χ1v) is 17.2. The Kier molecular flexibility index (Phi) is 11.1. The highest BCUT2D eigenvalue weighted by Gasteiger charge is 2.40. The number of carbonyl (C=O) groups is 3. The summed E-state index contributed by atoms with van der Waals surface area (Å²) >= 11 is 0. The molecule has 0 radical (unpaired) electrons. The average molecular weight is 717 g/mol. The lowest BCUT2D eigenvalue weighted by Gasteiger charge is -2.28. The van der Waals surface area contributed by atoms with Gasteiger partial charge in [-0.25, -0.2) is 4.79 Å². The number of amides is 2. The van der Waals surface area contributed by atoms with Crippen molar-refractivity contribution in [2.75, 3.05) is 32.7 Å². The summed E-state index contributed by atoms with van der Waals surface area (Å²) in [6.45, 7) is 1.38. The highest BCUT2D eigenvalue weighted by atomic mass is 16.4. The van der Waals surface area contributed by atoms with Crippen LogP contribution in [-0.2, 0) is 21.6 Å². The zero-order valence-electron chi connectivity index (χ0n) is 28.8. The Bertz CT molecular complexity index is 2220. The van der Waals surface area contributed by atoms with Crippen LogP contribution in [0.1, 0.15) is 50.7 Å². The summed E-state index contributed by atoms with van der Waals surface area (Å²) in [5.41, 5.74) is 1.86. The molecule has 7 N–H and O–H groups in total. The highest BCUT2D eigenvalue weighted by molar-refractivity contribution is 5.96. The molecule has 0 saturated carbocycles. The van der Waals surface area contributed by atoms with E-state index in [1.54, 1.807) is 77.7 Å². The summed E-state index contributed by atoms with van der Waals surface area (Å²) in [5.74, 6) is -2.05. The molecule has 2 amide bonds. The molecule has 5 aromatic rings. The highest BCUT2D eigenvalue weighted by Crippen LogP contribution is 2.33. The van der Waals surface area contributed by atoms with Crippen LogP contribution < -0.4 is 16.2 Å². The maximum atomic E-state index is 13.0. The van der Waals surface area contributed by atoms with Crippen molar-refractivity contribution < 1.29 is 34.8 Å². The third-order valence-electron chi connectivity index (χ3n) is 9.52. The second kappa shape index (κ2) is 16.1. The van der Waals surface area contributed by atoms with E-state index in [4.69, 9.17) is 0 Å². The molecule has 12 heteroatoms. The lowest BCUT2D eigenvalue weighted by Crippen LogP contribution is -2.42. The number of phenols is 1. The van der Waals surface area contributed by atoms with Gasteiger partial charge in [-0.05, 0) is 77.5 Å². The lowest BCUT2D eigenvalue weighted by molar-refractivity contribution is -0.155. The lowest BCUT2D eigenvalue weighted by atomic mass is 9.84. The van der Waals surface area contributed by atoms with Crippen LogP contribution in [0.4, 0.5) is 0 Å². The third-order valence-corrected chi connectivity index (χ3v) is 9.52. The van der Waals surface area contributed by atoms with Crippen molar-refractivity contribution in [1.29, 1.82) is 0 Å². The number of aliphatic hydroxyl groups excluding tert-OH is 1. The van der Waals surface area contributed by atoms with Gasteiger partial charge in [0.25, 0.3) is 5.91 Å². The summed E-state index contributed by atoms with van der Waals surface area (Å²) in [7, 11) is 0. The number of pyridine rings is 1. The van der Waals surface area contributed by atoms with Crippen molar-refractivity contribution in [1.82, 2.24) is 20.5 Å². The van der Waals surface area contributed by atoms with Gasteiger partial charge < -0.3 is 40.9 Å². The molecule has 12 nitrogen and oxygen atoms in total. The topological polar surface area (TPSA) is 192 Å². The van der Waals surface area contributed by atoms with Crippen molar-refractivity contribution in [2.24, 2.45) is 0 Å². The SMILES string of the molecule is O=C(NCC(=O)N1CC=C(c2cccc(C(O)(C(=O)O)c3ccccc3)c2)CC1)c1ccc(CCNCC(O)c2ccc(O)c3[nH]c(=O)ccc23)cc1. The summed E-state index contributed by atoms with van der Waals surface area (Å²) < 4.78 is 0. The number of hydrogen-bond donors (Lipinski definition) is 7. The Balaban J connectivity index is 0.962. The first-order valence-electron chi connectivity index (χ1n) is 17.2. The summed E-state index contributed by atoms with van der Waals surface area (Å²) in [4.78, 5) is 53.9. The number of H-pyrrole nitrogens is 1. The van der Waals surface area contributed by atoms with Gasteiger partial charge in [0.05, 0.1) is 18.2 Å². The molecule has 4 aromatic carbocycles. The van der Waals surface area contributed by atoms with Gasteiger partial charge in [-0.3, -0.25) is 14.4 Å². The molecule has 0 aliphatic carbocycles. The Morgan fingerprint density at radius 2 is 1.66 bits per heavy atom. The molecule has 6 rings (SSSR count). The third kappa shape index (κ3) is 8.20. The largest absolute Gasteiger partial charge is 0.506 e. The summed E-state index contributed by atoms with van der Waals surface area (Å²) in [6, 6.07) is 28.1. The average Bonchev–Trinajstić information content (AvgIpc) is 3.19. The van der Waals surface area contributed by atoms with E-state index in [0.717, 1.165) is 16.7 Å². The van der Waals surface area contributed by atoms with E-state index in [2.05, 4.69) is 15.6 Å². The maximum Gasteiger partial charge on any atom is 0.345 e. The van der Waals surface area contributed by atoms with Gasteiger partial charge >= 0.3 is 5.97 Å². The molecule has 1 aliphatic heterocycles. The second-order valence-electron chi connectivity index (χ2n) is 12.9. The van der Waals surface area contributed by atoms with E-state index in [9.17, 15) is 39.6 Å². The smallest absolute Gasteiger partial charge is 0.345 e. The standard InChI is InChI=1S/C41H40N4O8/c46-34-15-13-32(33-14-16-36(48)44-38(33)34)35(47)24-42-20-17-26-9-11-28(12-10-26)39(50)43-25-37(49)45-21-18-27(19-22-45)29-5-4-8-31(23-29)41(53,40(51)52)30-6-2-1-3-7-30/h1-16,18,23,35,42,46-47,53H,17,19-22,24-25H2,(H,43,50)(H,44,48)(H,51,52). The van der Waals surface area contributed by atoms with Gasteiger partial charge in [0.2, 0.25) is 17.1 Å². The van der Waals surface area contributed by atoms with Crippen LogP contribution in [0.3, 0.4) is 0 Å². The fraction of sp³-hybridized carbons (Fsp3) is 0.220. The number of nitrogens with one attached hydrogen (secondary N) is 3. The van der Waals surface area contributed by atoms with Gasteiger partial charge in [0.15, 0.2) is 0 Å². The number of fused-ring (bicyclic) bond motifs is 1. The molecular weight excluding hydrogens is 676 g/mol. The predicted octanol–water partition coefficient (Wildman–Crippen LogP) is 3.47. The van der Waals surface area contributed by atoms with Crippen LogP contribution in [0.5, 0.6) is 5.75 Å². The second-order valence-corrected chi connectivity index (χ2v) is 12.9. The van der Waals surface area contributed by atoms with Gasteiger partial charge in [-0.2, -0.15) is 0 Å². The molecular formula is C41H40N4O8. The number of aromatic nitrogens is 1. The van der Waals surface area contributed by atoms with Crippen LogP contribution in [0.15, 0.2) is 114 Å². The summed E-state index contributed by atoms with van der Waals surface area (Å²) in [5, 5.41) is 48.5. The van der Waals surface area contributed by atoms with Crippen molar-refractivity contribution in [2.45, 2.75) is 24.5 Å². The molecule has 1 aliphatic rings. The van der Waals surface area contributed by atoms with Crippen LogP contribution in [0, 0.1) is 0 Å². The number of rotatable bonds is 13. The number of nitrogens with zero attached hydrogens (tertiary/aromatic N) is 1. The molecule has 2 unspecified atom stereocenters. The minimum Gasteiger partial charge on any atom is -0.506 e. The molecule has 1 aromatic heterocycles. The van der Waals surface area contributed by atoms with Crippen molar-refractivity contribution >= 4 is 34.3 Å². The number of aliphatic carboxylic acids is 1. The van der Waals surface area contributed by atoms with Crippen molar-refractivity contribution in [3.8, 4) is 5.75 Å². The van der Waals surface area contributed by atoms with E-state index in [1.165, 1.54) is 12.1 Å². The van der Waals surface area contributed by atoms with Crippen molar-refractivity contribution in [3.05, 3.63) is 153 Å². The number of hydrogen-bond acceptors (Lipinski definition) is 8. The quantitative estimate of drug-likeness (QED) is 0.0895. The predicted molar refractivity (Wildman–Crippen MR) is 199 cm³/mol. The van der Waals surface area contributed by atoms with E-state index in [1.807, 2.05) is 24.3 Å². The Morgan fingerprint density at radius 3 is 2.38 bits per heavy atom. The number of carboxylic acids is 1. The van der Waals surface area contributed by atoms with E-state index < -0.39 is 17.7 Å². The Hall–Kier alpha value is -6.08. The molecule has 272 valence electrons. The number of carboxylic acid groups (broad SMARTS) is 1. The van der Waals surface area contributed by atoms with Crippen LogP contribution in [0.2, 0.25) is 0 Å². The van der Waals surface area contributed by atoms with Gasteiger partial charge in [-0.1, -0.05) is 72.8 Å². The van der Waals surface area contributed by atoms with Gasteiger partial charge in [0.1, 0.15) is 5.75 Å². The van der Waals surface area contributed by atoms with E-state index in [0.29, 0.717) is 49.0 Å². The van der Waals surface area contributed by atoms with E-state index in [-0.39, 0.29) is 52.9 Å². The van der Waals surface area contributed by atoms with Crippen molar-refractivity contribution in [3.63, 3.8) is 0 Å². The Morgan fingerprint density at radius 1 is 0.906 bits per heavy atom. The zero-order valence-corrected chi connectivity index (χ0v) is 28.8.